The summed E-state index contributed by atoms with van der Waals surface area (Å²) in [7, 11) is 0. The fourth-order valence-electron chi connectivity index (χ4n) is 2.20. The maximum Gasteiger partial charge on any atom is 0.131 e. The van der Waals surface area contributed by atoms with E-state index in [-0.39, 0.29) is 18.0 Å². The van der Waals surface area contributed by atoms with Crippen molar-refractivity contribution in [1.82, 2.24) is 0 Å². The molecule has 108 valence electrons. The zero-order valence-corrected chi connectivity index (χ0v) is 12.3. The van der Waals surface area contributed by atoms with Crippen LogP contribution in [0.1, 0.15) is 64.5 Å². The lowest BCUT2D eigenvalue weighted by molar-refractivity contribution is 0.202. The monoisotopic (exact) mass is 267 g/mol. The predicted octanol–water partition coefficient (Wildman–Crippen LogP) is 4.58. The van der Waals surface area contributed by atoms with Crippen molar-refractivity contribution in [3.8, 4) is 5.75 Å². The Labute approximate surface area is 116 Å². The molecule has 2 N–H and O–H groups in total. The first-order valence-electron chi connectivity index (χ1n) is 7.26. The molecule has 19 heavy (non-hydrogen) atoms. The molecule has 2 atom stereocenters. The highest BCUT2D eigenvalue weighted by Crippen LogP contribution is 2.28. The minimum atomic E-state index is -0.358. The summed E-state index contributed by atoms with van der Waals surface area (Å²) in [6.45, 7) is 6.00. The normalized spacial score (nSPS) is 14.2. The second-order valence-electron chi connectivity index (χ2n) is 5.22. The van der Waals surface area contributed by atoms with Crippen LogP contribution in [-0.2, 0) is 0 Å². The fourth-order valence-corrected chi connectivity index (χ4v) is 2.20. The molecule has 0 bridgehead atoms. The number of hydrogen-bond donors (Lipinski definition) is 1. The molecule has 0 spiro atoms. The van der Waals surface area contributed by atoms with E-state index in [1.165, 1.54) is 25.3 Å². The van der Waals surface area contributed by atoms with Gasteiger partial charge in [0, 0.05) is 11.6 Å². The summed E-state index contributed by atoms with van der Waals surface area (Å²) in [6.07, 6.45) is 5.96. The molecule has 0 aliphatic heterocycles. The van der Waals surface area contributed by atoms with Gasteiger partial charge in [0.1, 0.15) is 11.6 Å². The number of unbranched alkanes of at least 4 members (excludes halogenated alkanes) is 3. The first-order valence-corrected chi connectivity index (χ1v) is 7.26. The summed E-state index contributed by atoms with van der Waals surface area (Å²) in [6, 6.07) is 4.53. The molecule has 0 aliphatic rings. The first kappa shape index (κ1) is 16.0. The van der Waals surface area contributed by atoms with Crippen molar-refractivity contribution < 1.29 is 9.13 Å². The van der Waals surface area contributed by atoms with Crippen molar-refractivity contribution in [3.05, 3.63) is 29.6 Å². The second kappa shape index (κ2) is 8.16. The molecule has 2 nitrogen and oxygen atoms in total. The Hall–Kier alpha value is -1.09. The van der Waals surface area contributed by atoms with Gasteiger partial charge < -0.3 is 10.5 Å². The largest absolute Gasteiger partial charge is 0.490 e. The third kappa shape index (κ3) is 5.19. The lowest BCUT2D eigenvalue weighted by Gasteiger charge is -2.19. The summed E-state index contributed by atoms with van der Waals surface area (Å²) in [5.74, 6) is 0.295. The Bertz CT molecular complexity index is 379. The van der Waals surface area contributed by atoms with Gasteiger partial charge in [-0.2, -0.15) is 0 Å². The molecule has 0 saturated heterocycles. The van der Waals surface area contributed by atoms with Gasteiger partial charge in [0.2, 0.25) is 0 Å². The average Bonchev–Trinajstić information content (AvgIpc) is 2.34. The number of benzene rings is 1. The van der Waals surface area contributed by atoms with E-state index >= 15 is 0 Å². The first-order chi connectivity index (χ1) is 9.06. The minimum absolute atomic E-state index is 0.0937. The number of nitrogens with two attached hydrogens (primary N) is 1. The predicted molar refractivity (Wildman–Crippen MR) is 77.9 cm³/mol. The number of hydrogen-bond acceptors (Lipinski definition) is 2. The highest BCUT2D eigenvalue weighted by molar-refractivity contribution is 5.36. The van der Waals surface area contributed by atoms with Crippen LogP contribution in [0.25, 0.3) is 0 Å². The van der Waals surface area contributed by atoms with Crippen molar-refractivity contribution in [3.63, 3.8) is 0 Å². The van der Waals surface area contributed by atoms with Crippen molar-refractivity contribution in [2.45, 2.75) is 65.0 Å². The van der Waals surface area contributed by atoms with Crippen LogP contribution in [0.5, 0.6) is 5.75 Å². The van der Waals surface area contributed by atoms with Gasteiger partial charge in [0.05, 0.1) is 6.10 Å². The SMILES string of the molecule is CCCCCCC(C)Oc1cccc(F)c1C(C)N. The van der Waals surface area contributed by atoms with E-state index in [4.69, 9.17) is 10.5 Å². The molecule has 3 heteroatoms. The van der Waals surface area contributed by atoms with Gasteiger partial charge in [-0.25, -0.2) is 4.39 Å². The van der Waals surface area contributed by atoms with Gasteiger partial charge in [0.25, 0.3) is 0 Å². The number of ether oxygens (including phenoxy) is 1. The molecular weight excluding hydrogens is 241 g/mol. The minimum Gasteiger partial charge on any atom is -0.490 e. The van der Waals surface area contributed by atoms with Crippen LogP contribution in [0.3, 0.4) is 0 Å². The lowest BCUT2D eigenvalue weighted by Crippen LogP contribution is -2.16. The highest BCUT2D eigenvalue weighted by Gasteiger charge is 2.15. The molecule has 0 saturated carbocycles. The van der Waals surface area contributed by atoms with Crippen molar-refractivity contribution >= 4 is 0 Å². The van der Waals surface area contributed by atoms with Gasteiger partial charge in [-0.05, 0) is 38.8 Å². The van der Waals surface area contributed by atoms with Crippen LogP contribution in [0, 0.1) is 5.82 Å². The third-order valence-electron chi connectivity index (χ3n) is 3.26. The molecule has 1 aromatic carbocycles. The van der Waals surface area contributed by atoms with Crippen LogP contribution >= 0.6 is 0 Å². The van der Waals surface area contributed by atoms with Crippen LogP contribution in [0.2, 0.25) is 0 Å². The Kier molecular flexibility index (Phi) is 6.85. The zero-order valence-electron chi connectivity index (χ0n) is 12.3. The van der Waals surface area contributed by atoms with Crippen LogP contribution in [-0.4, -0.2) is 6.10 Å². The highest BCUT2D eigenvalue weighted by atomic mass is 19.1. The lowest BCUT2D eigenvalue weighted by atomic mass is 10.1. The summed E-state index contributed by atoms with van der Waals surface area (Å²) < 4.78 is 19.6. The standard InChI is InChI=1S/C16H26FNO/c1-4-5-6-7-9-12(2)19-15-11-8-10-14(17)16(15)13(3)18/h8,10-13H,4-7,9,18H2,1-3H3. The van der Waals surface area contributed by atoms with E-state index in [0.717, 1.165) is 12.8 Å². The summed E-state index contributed by atoms with van der Waals surface area (Å²) in [5.41, 5.74) is 6.29. The molecule has 0 aliphatic carbocycles. The van der Waals surface area contributed by atoms with E-state index < -0.39 is 0 Å². The molecule has 0 amide bonds. The molecule has 0 heterocycles. The van der Waals surface area contributed by atoms with Gasteiger partial charge in [0.15, 0.2) is 0 Å². The average molecular weight is 267 g/mol. The second-order valence-corrected chi connectivity index (χ2v) is 5.22. The van der Waals surface area contributed by atoms with E-state index in [0.29, 0.717) is 11.3 Å². The van der Waals surface area contributed by atoms with E-state index in [2.05, 4.69) is 6.92 Å². The molecule has 0 fully saturated rings. The van der Waals surface area contributed by atoms with Crippen molar-refractivity contribution in [2.75, 3.05) is 0 Å². The quantitative estimate of drug-likeness (QED) is 0.699. The van der Waals surface area contributed by atoms with Gasteiger partial charge in [-0.1, -0.05) is 32.3 Å². The van der Waals surface area contributed by atoms with Gasteiger partial charge >= 0.3 is 0 Å². The van der Waals surface area contributed by atoms with E-state index in [1.807, 2.05) is 6.92 Å². The maximum atomic E-state index is 13.7. The Morgan fingerprint density at radius 3 is 2.58 bits per heavy atom. The van der Waals surface area contributed by atoms with Gasteiger partial charge in [-0.3, -0.25) is 0 Å². The number of rotatable bonds is 8. The van der Waals surface area contributed by atoms with Crippen LogP contribution in [0.15, 0.2) is 18.2 Å². The molecule has 1 aromatic rings. The number of halogens is 1. The van der Waals surface area contributed by atoms with Crippen LogP contribution < -0.4 is 10.5 Å². The molecule has 0 aromatic heterocycles. The summed E-state index contributed by atoms with van der Waals surface area (Å²) in [5, 5.41) is 0. The van der Waals surface area contributed by atoms with Crippen molar-refractivity contribution in [2.24, 2.45) is 5.73 Å². The third-order valence-corrected chi connectivity index (χ3v) is 3.26. The topological polar surface area (TPSA) is 35.2 Å². The Morgan fingerprint density at radius 1 is 1.21 bits per heavy atom. The Morgan fingerprint density at radius 2 is 1.95 bits per heavy atom. The molecule has 1 rings (SSSR count). The molecule has 2 unspecified atom stereocenters. The molecule has 0 radical (unpaired) electrons. The molecular formula is C16H26FNO. The fraction of sp³-hybridized carbons (Fsp3) is 0.625. The Balaban J connectivity index is 2.58. The van der Waals surface area contributed by atoms with E-state index in [1.54, 1.807) is 19.1 Å². The smallest absolute Gasteiger partial charge is 0.131 e. The zero-order chi connectivity index (χ0) is 14.3. The van der Waals surface area contributed by atoms with Crippen molar-refractivity contribution in [1.29, 1.82) is 0 Å². The van der Waals surface area contributed by atoms with Gasteiger partial charge in [-0.15, -0.1) is 0 Å². The maximum absolute atomic E-state index is 13.7. The van der Waals surface area contributed by atoms with E-state index in [9.17, 15) is 4.39 Å². The summed E-state index contributed by atoms with van der Waals surface area (Å²) in [4.78, 5) is 0. The summed E-state index contributed by atoms with van der Waals surface area (Å²) >= 11 is 0. The van der Waals surface area contributed by atoms with Crippen LogP contribution in [0.4, 0.5) is 4.39 Å².